The van der Waals surface area contributed by atoms with Crippen LogP contribution in [0.3, 0.4) is 0 Å². The highest BCUT2D eigenvalue weighted by molar-refractivity contribution is 6.00. The lowest BCUT2D eigenvalue weighted by Crippen LogP contribution is -2.40. The standard InChI is InChI=1S/C25H27F2N5O3/c1-2-35-25(34)16-7-11-30(12-8-16)24(33)19-15-28-32-13-9-22(29-23(19)32)31-10-3-4-21(31)18-14-17(26)5-6-20(18)27/h5-6,9,13-16,21H,2-4,7-8,10-12H2,1H3. The van der Waals surface area contributed by atoms with E-state index in [2.05, 4.69) is 5.10 Å². The third-order valence-corrected chi connectivity index (χ3v) is 6.85. The maximum atomic E-state index is 14.5. The van der Waals surface area contributed by atoms with E-state index in [0.29, 0.717) is 68.1 Å². The van der Waals surface area contributed by atoms with Crippen LogP contribution in [-0.4, -0.2) is 57.6 Å². The first-order valence-corrected chi connectivity index (χ1v) is 12.0. The lowest BCUT2D eigenvalue weighted by atomic mass is 9.96. The molecule has 5 rings (SSSR count). The fourth-order valence-electron chi connectivity index (χ4n) is 5.05. The summed E-state index contributed by atoms with van der Waals surface area (Å²) < 4.78 is 35.0. The Labute approximate surface area is 201 Å². The average molecular weight is 484 g/mol. The third-order valence-electron chi connectivity index (χ3n) is 6.85. The Bertz CT molecular complexity index is 1260. The Morgan fingerprint density at radius 2 is 1.91 bits per heavy atom. The van der Waals surface area contributed by atoms with Crippen molar-refractivity contribution in [1.29, 1.82) is 0 Å². The van der Waals surface area contributed by atoms with Crippen LogP contribution in [-0.2, 0) is 9.53 Å². The summed E-state index contributed by atoms with van der Waals surface area (Å²) in [5, 5.41) is 4.28. The van der Waals surface area contributed by atoms with Crippen LogP contribution in [0, 0.1) is 17.6 Å². The second kappa shape index (κ2) is 9.59. The van der Waals surface area contributed by atoms with Crippen molar-refractivity contribution in [2.45, 2.75) is 38.6 Å². The van der Waals surface area contributed by atoms with Crippen molar-refractivity contribution in [2.24, 2.45) is 5.92 Å². The highest BCUT2D eigenvalue weighted by Gasteiger charge is 2.32. The smallest absolute Gasteiger partial charge is 0.309 e. The van der Waals surface area contributed by atoms with Crippen LogP contribution in [0.2, 0.25) is 0 Å². The number of aromatic nitrogens is 3. The fraction of sp³-hybridized carbons (Fsp3) is 0.440. The molecule has 2 fully saturated rings. The molecule has 2 saturated heterocycles. The first-order chi connectivity index (χ1) is 17.0. The summed E-state index contributed by atoms with van der Waals surface area (Å²) in [4.78, 5) is 33.7. The molecule has 0 saturated carbocycles. The van der Waals surface area contributed by atoms with Gasteiger partial charge in [-0.15, -0.1) is 0 Å². The fourth-order valence-corrected chi connectivity index (χ4v) is 5.05. The van der Waals surface area contributed by atoms with E-state index in [-0.39, 0.29) is 23.8 Å². The summed E-state index contributed by atoms with van der Waals surface area (Å²) in [5.41, 5.74) is 1.08. The number of hydrogen-bond donors (Lipinski definition) is 0. The van der Waals surface area contributed by atoms with E-state index in [1.807, 2.05) is 4.90 Å². The molecule has 2 aliphatic heterocycles. The molecule has 35 heavy (non-hydrogen) atoms. The van der Waals surface area contributed by atoms with Gasteiger partial charge in [-0.3, -0.25) is 9.59 Å². The quantitative estimate of drug-likeness (QED) is 0.514. The molecule has 1 unspecified atom stereocenters. The SMILES string of the molecule is CCOC(=O)C1CCN(C(=O)c2cnn3ccc(N4CCCC4c4cc(F)ccc4F)nc23)CC1. The molecule has 4 heterocycles. The van der Waals surface area contributed by atoms with Gasteiger partial charge in [0.15, 0.2) is 5.65 Å². The molecule has 0 bridgehead atoms. The summed E-state index contributed by atoms with van der Waals surface area (Å²) in [7, 11) is 0. The zero-order valence-electron chi connectivity index (χ0n) is 19.5. The summed E-state index contributed by atoms with van der Waals surface area (Å²) in [5.74, 6) is -0.942. The van der Waals surface area contributed by atoms with Gasteiger partial charge < -0.3 is 14.5 Å². The van der Waals surface area contributed by atoms with Gasteiger partial charge in [-0.2, -0.15) is 5.10 Å². The second-order valence-electron chi connectivity index (χ2n) is 8.95. The Morgan fingerprint density at radius 3 is 2.69 bits per heavy atom. The van der Waals surface area contributed by atoms with Crippen LogP contribution in [0.15, 0.2) is 36.7 Å². The Kier molecular flexibility index (Phi) is 6.36. The van der Waals surface area contributed by atoms with Gasteiger partial charge in [0, 0.05) is 31.4 Å². The molecule has 1 atom stereocenters. The van der Waals surface area contributed by atoms with E-state index in [1.165, 1.54) is 16.8 Å². The molecule has 1 amide bonds. The number of likely N-dealkylation sites (tertiary alicyclic amines) is 1. The second-order valence-corrected chi connectivity index (χ2v) is 8.95. The highest BCUT2D eigenvalue weighted by Crippen LogP contribution is 2.37. The van der Waals surface area contributed by atoms with Crippen molar-refractivity contribution in [2.75, 3.05) is 31.1 Å². The molecule has 1 aromatic carbocycles. The van der Waals surface area contributed by atoms with Crippen molar-refractivity contribution >= 4 is 23.3 Å². The van der Waals surface area contributed by atoms with Crippen LogP contribution in [0.5, 0.6) is 0 Å². The molecular formula is C25H27F2N5O3. The lowest BCUT2D eigenvalue weighted by molar-refractivity contribution is -0.149. The molecule has 0 spiro atoms. The molecule has 0 radical (unpaired) electrons. The van der Waals surface area contributed by atoms with Gasteiger partial charge in [0.1, 0.15) is 23.0 Å². The molecule has 184 valence electrons. The van der Waals surface area contributed by atoms with Crippen molar-refractivity contribution in [3.8, 4) is 0 Å². The van der Waals surface area contributed by atoms with Gasteiger partial charge >= 0.3 is 5.97 Å². The Balaban J connectivity index is 1.38. The Hall–Kier alpha value is -3.56. The first kappa shape index (κ1) is 23.2. The number of carbonyl (C=O) groups is 2. The van der Waals surface area contributed by atoms with Crippen LogP contribution < -0.4 is 4.90 Å². The van der Waals surface area contributed by atoms with Gasteiger partial charge in [-0.25, -0.2) is 18.3 Å². The van der Waals surface area contributed by atoms with E-state index in [0.717, 1.165) is 18.6 Å². The van der Waals surface area contributed by atoms with Crippen molar-refractivity contribution in [3.05, 3.63) is 59.4 Å². The number of piperidine rings is 1. The van der Waals surface area contributed by atoms with Gasteiger partial charge in [-0.05, 0) is 56.9 Å². The predicted molar refractivity (Wildman–Crippen MR) is 124 cm³/mol. The maximum absolute atomic E-state index is 14.5. The Morgan fingerprint density at radius 1 is 1.11 bits per heavy atom. The minimum absolute atomic E-state index is 0.192. The number of fused-ring (bicyclic) bond motifs is 1. The molecule has 10 heteroatoms. The number of nitrogens with zero attached hydrogens (tertiary/aromatic N) is 5. The monoisotopic (exact) mass is 483 g/mol. The van der Waals surface area contributed by atoms with Crippen LogP contribution in [0.4, 0.5) is 14.6 Å². The number of benzene rings is 1. The van der Waals surface area contributed by atoms with Crippen molar-refractivity contribution in [3.63, 3.8) is 0 Å². The summed E-state index contributed by atoms with van der Waals surface area (Å²) in [6.45, 7) is 3.67. The highest BCUT2D eigenvalue weighted by atomic mass is 19.1. The molecular weight excluding hydrogens is 456 g/mol. The zero-order valence-corrected chi connectivity index (χ0v) is 19.5. The number of rotatable bonds is 5. The van der Waals surface area contributed by atoms with Crippen molar-refractivity contribution < 1.29 is 23.1 Å². The zero-order chi connectivity index (χ0) is 24.5. The van der Waals surface area contributed by atoms with E-state index in [9.17, 15) is 18.4 Å². The summed E-state index contributed by atoms with van der Waals surface area (Å²) in [6, 6.07) is 4.93. The number of amides is 1. The summed E-state index contributed by atoms with van der Waals surface area (Å²) in [6.07, 6.45) is 5.81. The van der Waals surface area contributed by atoms with Crippen molar-refractivity contribution in [1.82, 2.24) is 19.5 Å². The number of hydrogen-bond acceptors (Lipinski definition) is 6. The third kappa shape index (κ3) is 4.44. The van der Waals surface area contributed by atoms with Gasteiger partial charge in [0.05, 0.1) is 24.8 Å². The van der Waals surface area contributed by atoms with Crippen LogP contribution in [0.1, 0.15) is 54.6 Å². The lowest BCUT2D eigenvalue weighted by Gasteiger charge is -2.30. The molecule has 2 aromatic heterocycles. The minimum Gasteiger partial charge on any atom is -0.466 e. The number of halogens is 2. The van der Waals surface area contributed by atoms with Gasteiger partial charge in [0.2, 0.25) is 0 Å². The first-order valence-electron chi connectivity index (χ1n) is 12.0. The molecule has 8 nitrogen and oxygen atoms in total. The number of esters is 1. The average Bonchev–Trinajstić information content (AvgIpc) is 3.52. The topological polar surface area (TPSA) is 80.0 Å². The molecule has 0 N–H and O–H groups in total. The van der Waals surface area contributed by atoms with E-state index in [1.54, 1.807) is 24.1 Å². The van der Waals surface area contributed by atoms with Gasteiger partial charge in [0.25, 0.3) is 5.91 Å². The van der Waals surface area contributed by atoms with E-state index in [4.69, 9.17) is 9.72 Å². The van der Waals surface area contributed by atoms with E-state index < -0.39 is 11.6 Å². The molecule has 0 aliphatic carbocycles. The predicted octanol–water partition coefficient (Wildman–Crippen LogP) is 3.76. The largest absolute Gasteiger partial charge is 0.466 e. The van der Waals surface area contributed by atoms with Crippen LogP contribution in [0.25, 0.3) is 5.65 Å². The summed E-state index contributed by atoms with van der Waals surface area (Å²) >= 11 is 0. The number of anilines is 1. The van der Waals surface area contributed by atoms with Crippen LogP contribution >= 0.6 is 0 Å². The number of carbonyl (C=O) groups excluding carboxylic acids is 2. The normalized spacial score (nSPS) is 18.9. The number of ether oxygens (including phenoxy) is 1. The minimum atomic E-state index is -0.480. The van der Waals surface area contributed by atoms with Gasteiger partial charge in [-0.1, -0.05) is 0 Å². The molecule has 2 aliphatic rings. The maximum Gasteiger partial charge on any atom is 0.309 e. The van der Waals surface area contributed by atoms with E-state index >= 15 is 0 Å². The molecule has 3 aromatic rings.